The van der Waals surface area contributed by atoms with Crippen LogP contribution < -0.4 is 10.9 Å². The molecule has 0 atom stereocenters. The second kappa shape index (κ2) is 9.48. The molecule has 0 fully saturated rings. The number of aromatic nitrogens is 2. The highest BCUT2D eigenvalue weighted by atomic mass is 32.2. The average Bonchev–Trinajstić information content (AvgIpc) is 2.70. The highest BCUT2D eigenvalue weighted by Gasteiger charge is 2.14. The van der Waals surface area contributed by atoms with E-state index in [0.29, 0.717) is 35.6 Å². The molecule has 6 nitrogen and oxygen atoms in total. The smallest absolute Gasteiger partial charge is 0.262 e. The summed E-state index contributed by atoms with van der Waals surface area (Å²) in [6, 6.07) is 13.1. The Bertz CT molecular complexity index is 1040. The van der Waals surface area contributed by atoms with Gasteiger partial charge < -0.3 is 10.1 Å². The summed E-state index contributed by atoms with van der Waals surface area (Å²) >= 11 is 1.14. The Morgan fingerprint density at radius 1 is 1.21 bits per heavy atom. The molecule has 1 N–H and O–H groups in total. The van der Waals surface area contributed by atoms with Crippen LogP contribution in [0, 0.1) is 5.82 Å². The minimum Gasteiger partial charge on any atom is -0.385 e. The molecular weight excluding hydrogens is 381 g/mol. The van der Waals surface area contributed by atoms with Gasteiger partial charge in [-0.2, -0.15) is 0 Å². The number of hydrogen-bond acceptors (Lipinski definition) is 5. The van der Waals surface area contributed by atoms with Crippen molar-refractivity contribution in [1.82, 2.24) is 9.55 Å². The maximum Gasteiger partial charge on any atom is 0.262 e. The molecule has 146 valence electrons. The van der Waals surface area contributed by atoms with Crippen LogP contribution in [0.2, 0.25) is 0 Å². The van der Waals surface area contributed by atoms with Gasteiger partial charge in [-0.1, -0.05) is 36.0 Å². The molecule has 0 saturated heterocycles. The van der Waals surface area contributed by atoms with Gasteiger partial charge >= 0.3 is 0 Å². The number of anilines is 1. The number of carbonyl (C=O) groups excluding carboxylic acids is 1. The first-order valence-electron chi connectivity index (χ1n) is 8.76. The molecule has 0 bridgehead atoms. The lowest BCUT2D eigenvalue weighted by molar-refractivity contribution is -0.113. The van der Waals surface area contributed by atoms with E-state index in [2.05, 4.69) is 10.3 Å². The highest BCUT2D eigenvalue weighted by molar-refractivity contribution is 7.99. The molecule has 2 aromatic carbocycles. The van der Waals surface area contributed by atoms with E-state index < -0.39 is 5.82 Å². The number of carbonyl (C=O) groups is 1. The van der Waals surface area contributed by atoms with Gasteiger partial charge in [0.25, 0.3) is 5.56 Å². The van der Waals surface area contributed by atoms with Crippen LogP contribution in [0.1, 0.15) is 6.42 Å². The Morgan fingerprint density at radius 3 is 2.75 bits per heavy atom. The van der Waals surface area contributed by atoms with E-state index in [4.69, 9.17) is 4.74 Å². The number of benzene rings is 2. The summed E-state index contributed by atoms with van der Waals surface area (Å²) in [5.41, 5.74) is 0.545. The van der Waals surface area contributed by atoms with Gasteiger partial charge in [-0.3, -0.25) is 14.2 Å². The highest BCUT2D eigenvalue weighted by Crippen LogP contribution is 2.19. The first-order valence-corrected chi connectivity index (χ1v) is 9.74. The zero-order valence-corrected chi connectivity index (χ0v) is 16.2. The predicted molar refractivity (Wildman–Crippen MR) is 108 cm³/mol. The maximum atomic E-state index is 13.7. The number of hydrogen-bond donors (Lipinski definition) is 1. The average molecular weight is 401 g/mol. The maximum absolute atomic E-state index is 13.7. The molecule has 0 spiro atoms. The van der Waals surface area contributed by atoms with Crippen LogP contribution in [0.25, 0.3) is 10.9 Å². The van der Waals surface area contributed by atoms with Gasteiger partial charge in [-0.25, -0.2) is 9.37 Å². The monoisotopic (exact) mass is 401 g/mol. The van der Waals surface area contributed by atoms with Gasteiger partial charge in [0.05, 0.1) is 22.3 Å². The number of para-hydroxylation sites is 2. The van der Waals surface area contributed by atoms with E-state index in [9.17, 15) is 14.0 Å². The molecule has 0 aliphatic heterocycles. The number of nitrogens with zero attached hydrogens (tertiary/aromatic N) is 2. The minimum absolute atomic E-state index is 0.00337. The number of ether oxygens (including phenoxy) is 1. The molecule has 0 unspecified atom stereocenters. The number of rotatable bonds is 8. The van der Waals surface area contributed by atoms with Crippen LogP contribution >= 0.6 is 11.8 Å². The molecule has 1 heterocycles. The number of thioether (sulfide) groups is 1. The molecule has 0 saturated carbocycles. The van der Waals surface area contributed by atoms with Gasteiger partial charge in [0.2, 0.25) is 5.91 Å². The fourth-order valence-electron chi connectivity index (χ4n) is 2.70. The Labute approximate surface area is 165 Å². The van der Waals surface area contributed by atoms with Gasteiger partial charge in [-0.15, -0.1) is 0 Å². The van der Waals surface area contributed by atoms with E-state index in [1.165, 1.54) is 12.1 Å². The normalized spacial score (nSPS) is 10.9. The molecule has 3 aromatic rings. The number of fused-ring (bicyclic) bond motifs is 1. The summed E-state index contributed by atoms with van der Waals surface area (Å²) in [6.07, 6.45) is 0.644. The Balaban J connectivity index is 1.80. The van der Waals surface area contributed by atoms with E-state index in [1.807, 2.05) is 6.07 Å². The van der Waals surface area contributed by atoms with Crippen molar-refractivity contribution in [3.05, 3.63) is 64.7 Å². The molecule has 1 amide bonds. The minimum atomic E-state index is -0.499. The van der Waals surface area contributed by atoms with Crippen LogP contribution in [-0.4, -0.2) is 34.9 Å². The summed E-state index contributed by atoms with van der Waals surface area (Å²) in [4.78, 5) is 29.6. The van der Waals surface area contributed by atoms with Crippen LogP contribution in [-0.2, 0) is 16.1 Å². The SMILES string of the molecule is COCCCn1c(SCC(=O)Nc2ccccc2F)nc2ccccc2c1=O. The number of nitrogens with one attached hydrogen (secondary N) is 1. The standard InChI is InChI=1S/C20H20FN3O3S/c1-27-12-6-11-24-19(26)14-7-2-4-9-16(14)23-20(24)28-13-18(25)22-17-10-5-3-8-15(17)21/h2-5,7-10H,6,11-13H2,1H3,(H,22,25). The zero-order valence-electron chi connectivity index (χ0n) is 15.4. The first kappa shape index (κ1) is 20.0. The fourth-order valence-corrected chi connectivity index (χ4v) is 3.53. The van der Waals surface area contributed by atoms with Crippen molar-refractivity contribution in [3.8, 4) is 0 Å². The second-order valence-corrected chi connectivity index (χ2v) is 6.97. The summed E-state index contributed by atoms with van der Waals surface area (Å²) in [5, 5.41) is 3.51. The summed E-state index contributed by atoms with van der Waals surface area (Å²) in [6.45, 7) is 0.943. The third-order valence-corrected chi connectivity index (χ3v) is 5.01. The molecule has 0 radical (unpaired) electrons. The lowest BCUT2D eigenvalue weighted by atomic mass is 10.2. The van der Waals surface area contributed by atoms with Crippen LogP contribution in [0.15, 0.2) is 58.5 Å². The van der Waals surface area contributed by atoms with Gasteiger partial charge in [0, 0.05) is 20.3 Å². The van der Waals surface area contributed by atoms with Crippen molar-refractivity contribution in [2.75, 3.05) is 24.8 Å². The first-order chi connectivity index (χ1) is 13.6. The van der Waals surface area contributed by atoms with E-state index in [-0.39, 0.29) is 22.9 Å². The number of halogens is 1. The molecular formula is C20H20FN3O3S. The Kier molecular flexibility index (Phi) is 6.78. The Morgan fingerprint density at radius 2 is 1.96 bits per heavy atom. The largest absolute Gasteiger partial charge is 0.385 e. The second-order valence-electron chi connectivity index (χ2n) is 6.03. The lowest BCUT2D eigenvalue weighted by Crippen LogP contribution is -2.25. The van der Waals surface area contributed by atoms with Crippen molar-refractivity contribution in [3.63, 3.8) is 0 Å². The van der Waals surface area contributed by atoms with Crippen molar-refractivity contribution >= 4 is 34.3 Å². The fraction of sp³-hybridized carbons (Fsp3) is 0.250. The van der Waals surface area contributed by atoms with Crippen LogP contribution in [0.5, 0.6) is 0 Å². The van der Waals surface area contributed by atoms with Crippen molar-refractivity contribution in [2.45, 2.75) is 18.1 Å². The molecule has 0 aliphatic carbocycles. The van der Waals surface area contributed by atoms with Crippen molar-refractivity contribution in [1.29, 1.82) is 0 Å². The predicted octanol–water partition coefficient (Wildman–Crippen LogP) is 3.30. The topological polar surface area (TPSA) is 73.2 Å². The summed E-state index contributed by atoms with van der Waals surface area (Å²) in [7, 11) is 1.60. The third-order valence-electron chi connectivity index (χ3n) is 4.04. The lowest BCUT2D eigenvalue weighted by Gasteiger charge is -2.13. The Hall–Kier alpha value is -2.71. The van der Waals surface area contributed by atoms with Crippen molar-refractivity contribution in [2.24, 2.45) is 0 Å². The van der Waals surface area contributed by atoms with Gasteiger partial charge in [-0.05, 0) is 30.7 Å². The van der Waals surface area contributed by atoms with E-state index in [1.54, 1.807) is 42.0 Å². The number of amides is 1. The molecule has 0 aliphatic rings. The van der Waals surface area contributed by atoms with Crippen LogP contribution in [0.3, 0.4) is 0 Å². The van der Waals surface area contributed by atoms with Crippen LogP contribution in [0.4, 0.5) is 10.1 Å². The summed E-state index contributed by atoms with van der Waals surface area (Å²) in [5.74, 6) is -0.870. The van der Waals surface area contributed by atoms with Gasteiger partial charge in [0.1, 0.15) is 5.82 Å². The van der Waals surface area contributed by atoms with Crippen molar-refractivity contribution < 1.29 is 13.9 Å². The number of methoxy groups -OCH3 is 1. The molecule has 28 heavy (non-hydrogen) atoms. The zero-order chi connectivity index (χ0) is 19.9. The van der Waals surface area contributed by atoms with Gasteiger partial charge in [0.15, 0.2) is 5.16 Å². The molecule has 1 aromatic heterocycles. The third kappa shape index (κ3) is 4.76. The molecule has 3 rings (SSSR count). The molecule has 8 heteroatoms. The van der Waals surface area contributed by atoms with E-state index in [0.717, 1.165) is 11.8 Å². The van der Waals surface area contributed by atoms with E-state index >= 15 is 0 Å². The summed E-state index contributed by atoms with van der Waals surface area (Å²) < 4.78 is 20.3. The quantitative estimate of drug-likeness (QED) is 0.356.